The van der Waals surface area contributed by atoms with Gasteiger partial charge in [-0.1, -0.05) is 20.3 Å². The molecule has 0 aliphatic heterocycles. The van der Waals surface area contributed by atoms with Crippen LogP contribution in [0.4, 0.5) is 0 Å². The lowest BCUT2D eigenvalue weighted by atomic mass is 9.78. The van der Waals surface area contributed by atoms with Crippen molar-refractivity contribution in [2.75, 3.05) is 13.7 Å². The van der Waals surface area contributed by atoms with Gasteiger partial charge in [-0.25, -0.2) is 0 Å². The predicted octanol–water partition coefficient (Wildman–Crippen LogP) is 3.75. The van der Waals surface area contributed by atoms with Gasteiger partial charge < -0.3 is 10.1 Å². The first kappa shape index (κ1) is 15.0. The molecular formula is C15H31NO. The average Bonchev–Trinajstić information content (AvgIpc) is 3.09. The molecule has 0 saturated heterocycles. The third-order valence-electron chi connectivity index (χ3n) is 4.13. The molecule has 102 valence electrons. The Hall–Kier alpha value is -0.0800. The van der Waals surface area contributed by atoms with Crippen LogP contribution in [0.3, 0.4) is 0 Å². The molecule has 0 amide bonds. The van der Waals surface area contributed by atoms with Crippen molar-refractivity contribution in [2.45, 2.75) is 77.9 Å². The Kier molecular flexibility index (Phi) is 5.46. The highest BCUT2D eigenvalue weighted by Gasteiger charge is 2.30. The molecule has 17 heavy (non-hydrogen) atoms. The molecule has 0 bridgehead atoms. The van der Waals surface area contributed by atoms with Crippen LogP contribution in [0.15, 0.2) is 0 Å². The lowest BCUT2D eigenvalue weighted by molar-refractivity contribution is 0.00386. The second-order valence-corrected chi connectivity index (χ2v) is 6.68. The van der Waals surface area contributed by atoms with E-state index in [4.69, 9.17) is 4.74 Å². The van der Waals surface area contributed by atoms with Crippen molar-refractivity contribution in [1.82, 2.24) is 5.32 Å². The standard InChI is InChI=1S/C15H31NO/c1-6-9-15(4,12-16-13-7-8-13)11-10-14(2,3)17-5/h13,16H,6-12H2,1-5H3. The zero-order chi connectivity index (χ0) is 12.9. The minimum absolute atomic E-state index is 0.0224. The normalized spacial score (nSPS) is 20.3. The van der Waals surface area contributed by atoms with Crippen LogP contribution >= 0.6 is 0 Å². The molecule has 0 aromatic carbocycles. The fourth-order valence-electron chi connectivity index (χ4n) is 2.29. The molecule has 0 radical (unpaired) electrons. The Morgan fingerprint density at radius 3 is 2.24 bits per heavy atom. The van der Waals surface area contributed by atoms with E-state index in [1.807, 2.05) is 7.11 Å². The molecule has 2 heteroatoms. The van der Waals surface area contributed by atoms with Gasteiger partial charge in [0.05, 0.1) is 5.60 Å². The number of ether oxygens (including phenoxy) is 1. The van der Waals surface area contributed by atoms with Crippen molar-refractivity contribution in [2.24, 2.45) is 5.41 Å². The highest BCUT2D eigenvalue weighted by Crippen LogP contribution is 2.33. The van der Waals surface area contributed by atoms with Gasteiger partial charge >= 0.3 is 0 Å². The molecule has 0 aromatic rings. The van der Waals surface area contributed by atoms with Gasteiger partial charge in [0.2, 0.25) is 0 Å². The summed E-state index contributed by atoms with van der Waals surface area (Å²) in [7, 11) is 1.82. The third kappa shape index (κ3) is 5.87. The second kappa shape index (κ2) is 6.19. The maximum absolute atomic E-state index is 5.53. The van der Waals surface area contributed by atoms with E-state index in [1.54, 1.807) is 0 Å². The molecule has 1 aliphatic rings. The fraction of sp³-hybridized carbons (Fsp3) is 1.00. The molecule has 0 heterocycles. The Morgan fingerprint density at radius 2 is 1.76 bits per heavy atom. The molecule has 1 N–H and O–H groups in total. The summed E-state index contributed by atoms with van der Waals surface area (Å²) in [5, 5.41) is 3.70. The van der Waals surface area contributed by atoms with Crippen molar-refractivity contribution in [3.63, 3.8) is 0 Å². The summed E-state index contributed by atoms with van der Waals surface area (Å²) in [4.78, 5) is 0. The monoisotopic (exact) mass is 241 g/mol. The zero-order valence-corrected chi connectivity index (χ0v) is 12.4. The number of hydrogen-bond donors (Lipinski definition) is 1. The van der Waals surface area contributed by atoms with Gasteiger partial charge in [0, 0.05) is 19.7 Å². The minimum Gasteiger partial charge on any atom is -0.379 e. The van der Waals surface area contributed by atoms with E-state index < -0.39 is 0 Å². The molecule has 1 atom stereocenters. The Morgan fingerprint density at radius 1 is 1.12 bits per heavy atom. The van der Waals surface area contributed by atoms with Crippen molar-refractivity contribution in [3.8, 4) is 0 Å². The largest absolute Gasteiger partial charge is 0.379 e. The van der Waals surface area contributed by atoms with Crippen LogP contribution in [0.5, 0.6) is 0 Å². The molecule has 1 saturated carbocycles. The predicted molar refractivity (Wildman–Crippen MR) is 74.4 cm³/mol. The average molecular weight is 241 g/mol. The van der Waals surface area contributed by atoms with Crippen LogP contribution in [0.2, 0.25) is 0 Å². The maximum Gasteiger partial charge on any atom is 0.0623 e. The van der Waals surface area contributed by atoms with E-state index in [0.29, 0.717) is 5.41 Å². The maximum atomic E-state index is 5.53. The summed E-state index contributed by atoms with van der Waals surface area (Å²) in [5.74, 6) is 0. The summed E-state index contributed by atoms with van der Waals surface area (Å²) in [6.45, 7) is 10.3. The number of methoxy groups -OCH3 is 1. The highest BCUT2D eigenvalue weighted by atomic mass is 16.5. The number of rotatable bonds is 9. The molecular weight excluding hydrogens is 210 g/mol. The van der Waals surface area contributed by atoms with E-state index in [1.165, 1.54) is 38.6 Å². The Labute approximate surface area is 108 Å². The van der Waals surface area contributed by atoms with Crippen LogP contribution in [-0.4, -0.2) is 25.3 Å². The van der Waals surface area contributed by atoms with Crippen molar-refractivity contribution in [1.29, 1.82) is 0 Å². The van der Waals surface area contributed by atoms with Crippen molar-refractivity contribution in [3.05, 3.63) is 0 Å². The zero-order valence-electron chi connectivity index (χ0n) is 12.4. The fourth-order valence-corrected chi connectivity index (χ4v) is 2.29. The van der Waals surface area contributed by atoms with Gasteiger partial charge in [0.25, 0.3) is 0 Å². The van der Waals surface area contributed by atoms with Gasteiger partial charge in [0.1, 0.15) is 0 Å². The Bertz CT molecular complexity index is 223. The van der Waals surface area contributed by atoms with Gasteiger partial charge in [-0.3, -0.25) is 0 Å². The summed E-state index contributed by atoms with van der Waals surface area (Å²) < 4.78 is 5.53. The van der Waals surface area contributed by atoms with Gasteiger partial charge in [-0.05, 0) is 51.4 Å². The van der Waals surface area contributed by atoms with Crippen LogP contribution in [0, 0.1) is 5.41 Å². The molecule has 0 aromatic heterocycles. The molecule has 1 rings (SSSR count). The summed E-state index contributed by atoms with van der Waals surface area (Å²) in [6.07, 6.45) is 7.74. The van der Waals surface area contributed by atoms with E-state index in [2.05, 4.69) is 33.0 Å². The first-order valence-corrected chi connectivity index (χ1v) is 7.19. The highest BCUT2D eigenvalue weighted by molar-refractivity contribution is 4.86. The molecule has 2 nitrogen and oxygen atoms in total. The van der Waals surface area contributed by atoms with Crippen LogP contribution in [-0.2, 0) is 4.74 Å². The Balaban J connectivity index is 2.38. The smallest absolute Gasteiger partial charge is 0.0623 e. The third-order valence-corrected chi connectivity index (χ3v) is 4.13. The number of nitrogens with one attached hydrogen (secondary N) is 1. The summed E-state index contributed by atoms with van der Waals surface area (Å²) in [6, 6.07) is 0.821. The molecule has 0 spiro atoms. The van der Waals surface area contributed by atoms with Crippen molar-refractivity contribution >= 4 is 0 Å². The lowest BCUT2D eigenvalue weighted by Gasteiger charge is -2.33. The van der Waals surface area contributed by atoms with E-state index in [0.717, 1.165) is 12.5 Å². The SMILES string of the molecule is CCCC(C)(CCC(C)(C)OC)CNC1CC1. The first-order chi connectivity index (χ1) is 7.91. The number of hydrogen-bond acceptors (Lipinski definition) is 2. The lowest BCUT2D eigenvalue weighted by Crippen LogP contribution is -2.35. The van der Waals surface area contributed by atoms with Crippen LogP contribution in [0.1, 0.15) is 66.2 Å². The second-order valence-electron chi connectivity index (χ2n) is 6.68. The summed E-state index contributed by atoms with van der Waals surface area (Å²) in [5.41, 5.74) is 0.460. The van der Waals surface area contributed by atoms with Crippen LogP contribution < -0.4 is 5.32 Å². The van der Waals surface area contributed by atoms with Crippen molar-refractivity contribution < 1.29 is 4.74 Å². The first-order valence-electron chi connectivity index (χ1n) is 7.19. The van der Waals surface area contributed by atoms with Gasteiger partial charge in [-0.2, -0.15) is 0 Å². The topological polar surface area (TPSA) is 21.3 Å². The molecule has 1 unspecified atom stereocenters. The molecule has 1 aliphatic carbocycles. The quantitative estimate of drug-likeness (QED) is 0.664. The van der Waals surface area contributed by atoms with Gasteiger partial charge in [-0.15, -0.1) is 0 Å². The van der Waals surface area contributed by atoms with Crippen LogP contribution in [0.25, 0.3) is 0 Å². The summed E-state index contributed by atoms with van der Waals surface area (Å²) >= 11 is 0. The van der Waals surface area contributed by atoms with E-state index in [-0.39, 0.29) is 5.60 Å². The minimum atomic E-state index is 0.0224. The molecule has 1 fully saturated rings. The van der Waals surface area contributed by atoms with E-state index in [9.17, 15) is 0 Å². The van der Waals surface area contributed by atoms with E-state index >= 15 is 0 Å². The van der Waals surface area contributed by atoms with Gasteiger partial charge in [0.15, 0.2) is 0 Å².